The summed E-state index contributed by atoms with van der Waals surface area (Å²) in [6.07, 6.45) is -14.6. The molecule has 2 heterocycles. The minimum atomic E-state index is -5.31. The molecule has 0 saturated carbocycles. The van der Waals surface area contributed by atoms with Crippen LogP contribution < -0.4 is 29.6 Å². The molecule has 0 saturated heterocycles. The van der Waals surface area contributed by atoms with E-state index in [0.29, 0.717) is 22.3 Å². The third kappa shape index (κ3) is 19.5. The number of nitrogens with one attached hydrogen (secondary N) is 2. The second-order valence-electron chi connectivity index (χ2n) is 27.5. The molecule has 2 atom stereocenters. The van der Waals surface area contributed by atoms with Crippen molar-refractivity contribution in [2.24, 2.45) is 0 Å². The summed E-state index contributed by atoms with van der Waals surface area (Å²) in [4.78, 5) is 144. The van der Waals surface area contributed by atoms with Crippen molar-refractivity contribution in [2.75, 3.05) is 37.1 Å². The third-order valence-corrected chi connectivity index (χ3v) is 20.4. The van der Waals surface area contributed by atoms with Crippen LogP contribution in [0.15, 0.2) is 216 Å². The van der Waals surface area contributed by atoms with Gasteiger partial charge in [-0.25, -0.2) is 19.2 Å². The molecule has 2 N–H and O–H groups in total. The summed E-state index contributed by atoms with van der Waals surface area (Å²) in [6, 6.07) is 32.8. The topological polar surface area (TPSA) is 275 Å². The van der Waals surface area contributed by atoms with Crippen LogP contribution in [0.2, 0.25) is 10.0 Å². The number of anilines is 2. The molecule has 0 aliphatic carbocycles. The van der Waals surface area contributed by atoms with Crippen LogP contribution in [0, 0.1) is 0 Å². The van der Waals surface area contributed by atoms with Gasteiger partial charge in [-0.2, -0.15) is 26.3 Å². The van der Waals surface area contributed by atoms with Crippen molar-refractivity contribution in [3.05, 3.63) is 271 Å². The smallest absolute Gasteiger partial charge is 0.391 e. The zero-order chi connectivity index (χ0) is 87.5. The maximum atomic E-state index is 16.2. The van der Waals surface area contributed by atoms with Gasteiger partial charge in [-0.15, -0.1) is 0 Å². The highest BCUT2D eigenvalue weighted by atomic mass is 35.5. The van der Waals surface area contributed by atoms with Crippen LogP contribution in [0.25, 0.3) is 43.1 Å². The predicted octanol–water partition coefficient (Wildman–Crippen LogP) is 20.7. The summed E-state index contributed by atoms with van der Waals surface area (Å²) in [6.45, 7) is 12.7. The van der Waals surface area contributed by atoms with E-state index in [9.17, 15) is 28.8 Å². The van der Waals surface area contributed by atoms with Crippen LogP contribution in [-0.2, 0) is 73.4 Å². The molecule has 34 heteroatoms. The molecule has 6 amide bonds. The minimum absolute atomic E-state index is 0.0713. The Hall–Kier alpha value is -12.7. The van der Waals surface area contributed by atoms with E-state index in [2.05, 4.69) is 36.9 Å². The number of ether oxygens (including phenoxy) is 8. The lowest BCUT2D eigenvalue weighted by molar-refractivity contribution is -0.151. The van der Waals surface area contributed by atoms with Crippen molar-refractivity contribution in [3.8, 4) is 46.0 Å². The first-order valence-corrected chi connectivity index (χ1v) is 38.8. The van der Waals surface area contributed by atoms with E-state index in [0.717, 1.165) is 24.3 Å². The number of alkyl halides is 6. The number of rotatable bonds is 32. The number of esters is 4. The van der Waals surface area contributed by atoms with Crippen molar-refractivity contribution in [1.29, 1.82) is 0 Å². The van der Waals surface area contributed by atoms with Gasteiger partial charge >= 0.3 is 36.2 Å². The number of nitrogens with zero attached hydrogens (tertiary/aromatic N) is 2. The number of benzene rings is 11. The lowest BCUT2D eigenvalue weighted by atomic mass is 9.80. The van der Waals surface area contributed by atoms with Crippen molar-refractivity contribution in [3.63, 3.8) is 0 Å². The molecule has 122 heavy (non-hydrogen) atoms. The van der Waals surface area contributed by atoms with Crippen LogP contribution in [-0.4, -0.2) is 120 Å². The Balaban J connectivity index is 1.15. The van der Waals surface area contributed by atoms with E-state index in [1.54, 1.807) is 0 Å². The molecule has 624 valence electrons. The van der Waals surface area contributed by atoms with Gasteiger partial charge < -0.3 is 48.5 Å². The number of hydrogen-bond acceptors (Lipinski definition) is 18. The quantitative estimate of drug-likeness (QED) is 0.00754. The van der Waals surface area contributed by atoms with Crippen LogP contribution in [0.5, 0.6) is 46.0 Å². The maximum absolute atomic E-state index is 16.2. The predicted molar refractivity (Wildman–Crippen MR) is 442 cm³/mol. The normalized spacial score (nSPS) is 13.0. The molecule has 0 spiro atoms. The summed E-state index contributed by atoms with van der Waals surface area (Å²) >= 11 is 35.5. The second-order valence-corrected chi connectivity index (χ2v) is 30.2. The Bertz CT molecular complexity index is 5500. The number of carbonyl (C=O) groups excluding carboxylic acids is 10. The Kier molecular flexibility index (Phi) is 25.9. The third-order valence-electron chi connectivity index (χ3n) is 19.2. The number of amides is 6. The summed E-state index contributed by atoms with van der Waals surface area (Å²) in [7, 11) is 0. The number of hydrogen-bond donors (Lipinski definition) is 2. The Morgan fingerprint density at radius 2 is 0.557 bits per heavy atom. The van der Waals surface area contributed by atoms with Gasteiger partial charge in [0.2, 0.25) is 11.8 Å². The van der Waals surface area contributed by atoms with Crippen molar-refractivity contribution < 1.29 is 112 Å². The van der Waals surface area contributed by atoms with Crippen LogP contribution in [0.3, 0.4) is 0 Å². The van der Waals surface area contributed by atoms with Crippen LogP contribution in [0.1, 0.15) is 76.5 Å². The first kappa shape index (κ1) is 87.1. The van der Waals surface area contributed by atoms with Gasteiger partial charge in [0.25, 0.3) is 23.6 Å². The van der Waals surface area contributed by atoms with Gasteiger partial charge in [-0.05, 0) is 144 Å². The molecular weight excluding hydrogens is 1730 g/mol. The molecule has 2 aliphatic heterocycles. The molecular formula is C88H60Cl6F6N4O18. The van der Waals surface area contributed by atoms with Gasteiger partial charge in [-0.3, -0.25) is 38.6 Å². The van der Waals surface area contributed by atoms with E-state index in [1.807, 2.05) is 0 Å². The highest BCUT2D eigenvalue weighted by Gasteiger charge is 2.50. The lowest BCUT2D eigenvalue weighted by Gasteiger charge is -2.36. The second kappa shape index (κ2) is 36.3. The summed E-state index contributed by atoms with van der Waals surface area (Å²) in [5.41, 5.74) is -0.614. The fraction of sp³-hybridized carbons (Fsp3) is 0.159. The van der Waals surface area contributed by atoms with E-state index in [-0.39, 0.29) is 149 Å². The Labute approximate surface area is 717 Å². The standard InChI is InChI=1S/C88H60Cl6F6N4O18/c1-43(89)83(111)115-33-29-47-5-21-55(22-6-47)119-65-37-59-69-60(80(108)103(79(59)107)63(41-87(95,96)97)77(105)101-53-17-13-51(93)14-18-53)39-67(121-57-25-9-49(10-26-57)31-35-117-85(113)45(3)91)73-74-68(122-58-27-11-50(12-28-58)32-36-118-86(114)46(4)92)40-62-70-61(81(109)104(82(62)110)64(42-88(98,99)100)78(106)102-54-19-15-52(94)16-20-54)38-66(72(76(70)74)71(65)75(69)73)120-56-23-7-48(8-24-56)30-34-116-84(112)44(2)90/h5-28,37-40,63-64H,1-4,29-36,41-42H2,(H,101,105)(H,102,106). The van der Waals surface area contributed by atoms with Crippen LogP contribution in [0.4, 0.5) is 37.7 Å². The maximum Gasteiger partial charge on any atom is 0.391 e. The van der Waals surface area contributed by atoms with Gasteiger partial charge in [0.1, 0.15) is 78.2 Å². The fourth-order valence-electron chi connectivity index (χ4n) is 13.8. The molecule has 22 nitrogen and oxygen atoms in total. The number of imide groups is 2. The Morgan fingerprint density at radius 1 is 0.336 bits per heavy atom. The first-order chi connectivity index (χ1) is 58.0. The molecule has 13 rings (SSSR count). The van der Waals surface area contributed by atoms with Gasteiger partial charge in [0.15, 0.2) is 0 Å². The first-order valence-electron chi connectivity index (χ1n) is 36.5. The summed E-state index contributed by atoms with van der Waals surface area (Å²) < 4.78 is 141. The number of halogens is 12. The van der Waals surface area contributed by atoms with E-state index in [1.165, 1.54) is 146 Å². The SMILES string of the molecule is C=C(Cl)C(=O)OCCc1ccc(Oc2cc3c4c(cc(Oc5ccc(CCOC(=O)C(=C)Cl)cc5)c5c6c(Oc7ccc(CCOC(=O)C(=C)Cl)cc7)cc7c8c(cc(Oc9ccc(CCOC(=O)C(=C)Cl)cc9)c(c2c45)c86)C(=O)N(C(CC(F)(F)F)C(=O)Nc2ccc(Cl)cc2)C7=O)C(=O)N(C(CC(F)(F)F)C(=O)Nc2ccc(Cl)cc2)C3=O)cc1. The zero-order valence-corrected chi connectivity index (χ0v) is 67.5. The van der Waals surface area contributed by atoms with Crippen molar-refractivity contribution >= 4 is 183 Å². The average molecular weight is 1790 g/mol. The lowest BCUT2D eigenvalue weighted by Crippen LogP contribution is -2.53. The summed E-state index contributed by atoms with van der Waals surface area (Å²) in [5, 5.41) is 1.21. The van der Waals surface area contributed by atoms with Crippen molar-refractivity contribution in [2.45, 2.75) is 63.0 Å². The molecule has 0 bridgehead atoms. The van der Waals surface area contributed by atoms with Gasteiger partial charge in [0.05, 0.1) is 61.5 Å². The molecule has 0 fully saturated rings. The largest absolute Gasteiger partial charge is 0.461 e. The van der Waals surface area contributed by atoms with Crippen molar-refractivity contribution in [1.82, 2.24) is 9.80 Å². The summed E-state index contributed by atoms with van der Waals surface area (Å²) in [5.74, 6) is -14.9. The monoisotopic (exact) mass is 1780 g/mol. The number of carbonyl (C=O) groups is 10. The van der Waals surface area contributed by atoms with Gasteiger partial charge in [0, 0.05) is 90.2 Å². The fourth-order valence-corrected chi connectivity index (χ4v) is 14.2. The molecule has 11 aromatic carbocycles. The number of fused-ring (bicyclic) bond motifs is 2. The molecule has 11 aromatic rings. The molecule has 0 aromatic heterocycles. The highest BCUT2D eigenvalue weighted by molar-refractivity contribution is 6.46. The van der Waals surface area contributed by atoms with Crippen LogP contribution >= 0.6 is 69.6 Å². The van der Waals surface area contributed by atoms with E-state index in [4.69, 9.17) is 108 Å². The molecule has 2 unspecified atom stereocenters. The zero-order valence-electron chi connectivity index (χ0n) is 63.0. The van der Waals surface area contributed by atoms with E-state index >= 15 is 45.5 Å². The van der Waals surface area contributed by atoms with Gasteiger partial charge in [-0.1, -0.05) is 144 Å². The average Bonchev–Trinajstić information content (AvgIpc) is 0.665. The molecule has 2 aliphatic rings. The minimum Gasteiger partial charge on any atom is -0.461 e. The molecule has 0 radical (unpaired) electrons. The van der Waals surface area contributed by atoms with E-state index < -0.39 is 162 Å². The highest BCUT2D eigenvalue weighted by Crippen LogP contribution is 2.59. The Morgan fingerprint density at radius 3 is 0.762 bits per heavy atom.